The van der Waals surface area contributed by atoms with Crippen molar-refractivity contribution >= 4 is 11.5 Å². The summed E-state index contributed by atoms with van der Waals surface area (Å²) in [5.41, 5.74) is 11.2. The number of benzene rings is 1. The minimum atomic E-state index is 0.570. The molecule has 3 aromatic rings. The molecule has 0 unspecified atom stereocenters. The van der Waals surface area contributed by atoms with Crippen LogP contribution in [0.5, 0.6) is 0 Å². The first kappa shape index (κ1) is 12.2. The van der Waals surface area contributed by atoms with Crippen molar-refractivity contribution in [2.45, 2.75) is 13.8 Å². The van der Waals surface area contributed by atoms with E-state index in [2.05, 4.69) is 17.1 Å². The fraction of sp³-hybridized carbons (Fsp3) is 0.125. The van der Waals surface area contributed by atoms with Crippen molar-refractivity contribution in [2.75, 3.05) is 5.73 Å². The highest BCUT2D eigenvalue weighted by Crippen LogP contribution is 2.30. The van der Waals surface area contributed by atoms with Gasteiger partial charge in [-0.3, -0.25) is 4.40 Å². The fourth-order valence-electron chi connectivity index (χ4n) is 2.54. The standard InChI is InChI=1S/C16H14N4/c1-10-7-11(2)20-14(8-10)19-15(16(20)18)13-6-4-3-5-12(13)9-17/h3-8H,18H2,1-2H3. The average molecular weight is 262 g/mol. The van der Waals surface area contributed by atoms with Crippen molar-refractivity contribution in [3.05, 3.63) is 53.2 Å². The van der Waals surface area contributed by atoms with Gasteiger partial charge in [0.1, 0.15) is 17.2 Å². The zero-order valence-electron chi connectivity index (χ0n) is 11.4. The number of rotatable bonds is 1. The molecule has 2 heterocycles. The number of nitrogens with two attached hydrogens (primary N) is 1. The number of nitriles is 1. The summed E-state index contributed by atoms with van der Waals surface area (Å²) < 4.78 is 1.91. The van der Waals surface area contributed by atoms with Crippen LogP contribution >= 0.6 is 0 Å². The van der Waals surface area contributed by atoms with Crippen LogP contribution in [0.4, 0.5) is 5.82 Å². The Kier molecular flexibility index (Phi) is 2.69. The van der Waals surface area contributed by atoms with Gasteiger partial charge in [-0.05, 0) is 37.6 Å². The van der Waals surface area contributed by atoms with Gasteiger partial charge in [-0.25, -0.2) is 4.98 Å². The summed E-state index contributed by atoms with van der Waals surface area (Å²) >= 11 is 0. The first-order valence-corrected chi connectivity index (χ1v) is 6.36. The minimum absolute atomic E-state index is 0.570. The molecule has 4 nitrogen and oxygen atoms in total. The highest BCUT2D eigenvalue weighted by atomic mass is 15.1. The van der Waals surface area contributed by atoms with Crippen molar-refractivity contribution in [3.8, 4) is 17.3 Å². The third kappa shape index (κ3) is 1.72. The van der Waals surface area contributed by atoms with Gasteiger partial charge < -0.3 is 5.73 Å². The van der Waals surface area contributed by atoms with Gasteiger partial charge >= 0.3 is 0 Å². The lowest BCUT2D eigenvalue weighted by atomic mass is 10.1. The molecule has 98 valence electrons. The van der Waals surface area contributed by atoms with Crippen LogP contribution in [0.3, 0.4) is 0 Å². The molecule has 0 radical (unpaired) electrons. The number of hydrogen-bond donors (Lipinski definition) is 1. The van der Waals surface area contributed by atoms with Crippen molar-refractivity contribution in [1.29, 1.82) is 5.26 Å². The van der Waals surface area contributed by atoms with Gasteiger partial charge in [0.25, 0.3) is 0 Å². The maximum atomic E-state index is 9.22. The molecule has 0 saturated carbocycles. The zero-order valence-corrected chi connectivity index (χ0v) is 11.4. The lowest BCUT2D eigenvalue weighted by Crippen LogP contribution is -1.98. The lowest BCUT2D eigenvalue weighted by molar-refractivity contribution is 1.09. The summed E-state index contributed by atoms with van der Waals surface area (Å²) in [6.45, 7) is 4.03. The second-order valence-electron chi connectivity index (χ2n) is 4.87. The molecular weight excluding hydrogens is 248 g/mol. The smallest absolute Gasteiger partial charge is 0.139 e. The van der Waals surface area contributed by atoms with Gasteiger partial charge in [0.2, 0.25) is 0 Å². The third-order valence-corrected chi connectivity index (χ3v) is 3.39. The molecule has 1 aromatic carbocycles. The van der Waals surface area contributed by atoms with Gasteiger partial charge in [0.05, 0.1) is 11.6 Å². The van der Waals surface area contributed by atoms with Crippen LogP contribution in [0.15, 0.2) is 36.4 Å². The highest BCUT2D eigenvalue weighted by molar-refractivity contribution is 5.79. The van der Waals surface area contributed by atoms with Crippen LogP contribution in [0.2, 0.25) is 0 Å². The number of aryl methyl sites for hydroxylation is 2. The summed E-state index contributed by atoms with van der Waals surface area (Å²) in [4.78, 5) is 4.60. The van der Waals surface area contributed by atoms with E-state index in [9.17, 15) is 5.26 Å². The summed E-state index contributed by atoms with van der Waals surface area (Å²) in [6, 6.07) is 13.6. The molecule has 2 aromatic heterocycles. The highest BCUT2D eigenvalue weighted by Gasteiger charge is 2.15. The number of hydrogen-bond acceptors (Lipinski definition) is 3. The van der Waals surface area contributed by atoms with Gasteiger partial charge in [-0.15, -0.1) is 0 Å². The van der Waals surface area contributed by atoms with E-state index >= 15 is 0 Å². The van der Waals surface area contributed by atoms with Crippen LogP contribution in [0.25, 0.3) is 16.9 Å². The largest absolute Gasteiger partial charge is 0.383 e. The Morgan fingerprint density at radius 1 is 1.20 bits per heavy atom. The predicted molar refractivity (Wildman–Crippen MR) is 79.2 cm³/mol. The fourth-order valence-corrected chi connectivity index (χ4v) is 2.54. The topological polar surface area (TPSA) is 67.1 Å². The number of fused-ring (bicyclic) bond motifs is 1. The first-order chi connectivity index (χ1) is 9.61. The van der Waals surface area contributed by atoms with Crippen LogP contribution in [-0.4, -0.2) is 9.38 Å². The number of pyridine rings is 1. The van der Waals surface area contributed by atoms with Crippen LogP contribution in [0, 0.1) is 25.2 Å². The van der Waals surface area contributed by atoms with Crippen LogP contribution in [0.1, 0.15) is 16.8 Å². The Hall–Kier alpha value is -2.80. The van der Waals surface area contributed by atoms with E-state index in [1.807, 2.05) is 42.5 Å². The molecule has 4 heteroatoms. The second-order valence-corrected chi connectivity index (χ2v) is 4.87. The summed E-state index contributed by atoms with van der Waals surface area (Å²) in [5, 5.41) is 9.22. The van der Waals surface area contributed by atoms with Gasteiger partial charge in [0, 0.05) is 11.3 Å². The first-order valence-electron chi connectivity index (χ1n) is 6.36. The van der Waals surface area contributed by atoms with E-state index in [-0.39, 0.29) is 0 Å². The number of imidazole rings is 1. The third-order valence-electron chi connectivity index (χ3n) is 3.39. The summed E-state index contributed by atoms with van der Waals surface area (Å²) in [5.74, 6) is 0.570. The van der Waals surface area contributed by atoms with Gasteiger partial charge in [0.15, 0.2) is 0 Å². The molecule has 0 bridgehead atoms. The molecule has 0 aliphatic carbocycles. The Morgan fingerprint density at radius 3 is 2.70 bits per heavy atom. The number of aromatic nitrogens is 2. The molecule has 0 aliphatic rings. The number of nitrogens with zero attached hydrogens (tertiary/aromatic N) is 3. The predicted octanol–water partition coefficient (Wildman–Crippen LogP) is 3.07. The molecule has 2 N–H and O–H groups in total. The van der Waals surface area contributed by atoms with Gasteiger partial charge in [-0.1, -0.05) is 18.2 Å². The summed E-state index contributed by atoms with van der Waals surface area (Å²) in [7, 11) is 0. The van der Waals surface area contributed by atoms with E-state index < -0.39 is 0 Å². The van der Waals surface area contributed by atoms with E-state index in [1.165, 1.54) is 0 Å². The zero-order chi connectivity index (χ0) is 14.3. The number of anilines is 1. The van der Waals surface area contributed by atoms with Crippen LogP contribution < -0.4 is 5.73 Å². The van der Waals surface area contributed by atoms with E-state index in [0.29, 0.717) is 17.1 Å². The molecule has 0 amide bonds. The molecule has 0 atom stereocenters. The molecule has 0 saturated heterocycles. The maximum Gasteiger partial charge on any atom is 0.139 e. The lowest BCUT2D eigenvalue weighted by Gasteiger charge is -2.04. The molecule has 0 fully saturated rings. The van der Waals surface area contributed by atoms with Crippen molar-refractivity contribution < 1.29 is 0 Å². The molecule has 0 spiro atoms. The average Bonchev–Trinajstić information content (AvgIpc) is 2.75. The van der Waals surface area contributed by atoms with Crippen LogP contribution in [-0.2, 0) is 0 Å². The maximum absolute atomic E-state index is 9.22. The van der Waals surface area contributed by atoms with Crippen molar-refractivity contribution in [1.82, 2.24) is 9.38 Å². The molecule has 20 heavy (non-hydrogen) atoms. The summed E-state index contributed by atoms with van der Waals surface area (Å²) in [6.07, 6.45) is 0. The van der Waals surface area contributed by atoms with E-state index in [1.54, 1.807) is 6.07 Å². The second kappa shape index (κ2) is 4.39. The van der Waals surface area contributed by atoms with Gasteiger partial charge in [-0.2, -0.15) is 5.26 Å². The monoisotopic (exact) mass is 262 g/mol. The number of nitrogen functional groups attached to an aromatic ring is 1. The normalized spacial score (nSPS) is 10.7. The molecular formula is C16H14N4. The van der Waals surface area contributed by atoms with Crippen molar-refractivity contribution in [2.24, 2.45) is 0 Å². The molecule has 3 rings (SSSR count). The minimum Gasteiger partial charge on any atom is -0.383 e. The Labute approximate surface area is 117 Å². The Balaban J connectivity index is 2.36. The Morgan fingerprint density at radius 2 is 1.95 bits per heavy atom. The SMILES string of the molecule is Cc1cc(C)n2c(N)c(-c3ccccc3C#N)nc2c1. The van der Waals surface area contributed by atoms with Crippen molar-refractivity contribution in [3.63, 3.8) is 0 Å². The van der Waals surface area contributed by atoms with E-state index in [4.69, 9.17) is 5.73 Å². The molecule has 0 aliphatic heterocycles. The quantitative estimate of drug-likeness (QED) is 0.732. The Bertz CT molecular complexity index is 853. The van der Waals surface area contributed by atoms with E-state index in [0.717, 1.165) is 22.5 Å².